The molecule has 1 heterocycles. The molecule has 1 N–H and O–H groups in total. The first-order valence-corrected chi connectivity index (χ1v) is 9.03. The summed E-state index contributed by atoms with van der Waals surface area (Å²) in [5, 5.41) is 2.88. The van der Waals surface area contributed by atoms with Gasteiger partial charge in [0, 0.05) is 39.0 Å². The van der Waals surface area contributed by atoms with Crippen molar-refractivity contribution in [3.63, 3.8) is 0 Å². The molecule has 1 fully saturated rings. The topological polar surface area (TPSA) is 61.9 Å². The van der Waals surface area contributed by atoms with Gasteiger partial charge in [0.15, 0.2) is 0 Å². The molecular formula is C19H29N3O3. The van der Waals surface area contributed by atoms with Crippen molar-refractivity contribution in [3.8, 4) is 0 Å². The molecule has 3 amide bonds. The minimum absolute atomic E-state index is 0.123. The Labute approximate surface area is 150 Å². The number of nitrogens with zero attached hydrogens (tertiary/aromatic N) is 2. The van der Waals surface area contributed by atoms with Crippen molar-refractivity contribution in [2.45, 2.75) is 39.2 Å². The van der Waals surface area contributed by atoms with Gasteiger partial charge in [-0.3, -0.25) is 4.79 Å². The van der Waals surface area contributed by atoms with Gasteiger partial charge in [-0.05, 0) is 44.4 Å². The fourth-order valence-electron chi connectivity index (χ4n) is 2.96. The molecule has 0 aromatic heterocycles. The number of rotatable bonds is 7. The van der Waals surface area contributed by atoms with E-state index in [0.717, 1.165) is 43.8 Å². The number of benzene rings is 1. The number of amides is 3. The molecule has 0 aliphatic carbocycles. The Morgan fingerprint density at radius 3 is 2.44 bits per heavy atom. The third-order valence-electron chi connectivity index (χ3n) is 4.52. The zero-order valence-corrected chi connectivity index (χ0v) is 15.5. The molecule has 1 saturated heterocycles. The van der Waals surface area contributed by atoms with Crippen LogP contribution in [0.1, 0.15) is 32.3 Å². The average Bonchev–Trinajstić information content (AvgIpc) is 3.10. The Kier molecular flexibility index (Phi) is 7.25. The summed E-state index contributed by atoms with van der Waals surface area (Å²) in [5.74, 6) is 0.123. The Bertz CT molecular complexity index is 564. The van der Waals surface area contributed by atoms with Gasteiger partial charge in [-0.25, -0.2) is 4.79 Å². The summed E-state index contributed by atoms with van der Waals surface area (Å²) in [6.45, 7) is 6.79. The van der Waals surface area contributed by atoms with Gasteiger partial charge in [0.25, 0.3) is 0 Å². The average molecular weight is 347 g/mol. The van der Waals surface area contributed by atoms with E-state index in [1.807, 2.05) is 43.0 Å². The van der Waals surface area contributed by atoms with Crippen molar-refractivity contribution >= 4 is 17.6 Å². The summed E-state index contributed by atoms with van der Waals surface area (Å²) in [4.78, 5) is 27.8. The number of hydrogen-bond donors (Lipinski definition) is 1. The van der Waals surface area contributed by atoms with Crippen LogP contribution in [0.5, 0.6) is 0 Å². The number of hydrogen-bond acceptors (Lipinski definition) is 3. The molecule has 0 unspecified atom stereocenters. The third kappa shape index (κ3) is 5.74. The number of nitrogens with one attached hydrogen (secondary N) is 1. The summed E-state index contributed by atoms with van der Waals surface area (Å²) < 4.78 is 5.56. The first-order chi connectivity index (χ1) is 12.0. The number of likely N-dealkylation sites (N-methyl/N-ethyl adjacent to an activating group) is 2. The molecule has 25 heavy (non-hydrogen) atoms. The van der Waals surface area contributed by atoms with E-state index in [1.54, 1.807) is 11.9 Å². The molecule has 1 atom stereocenters. The maximum Gasteiger partial charge on any atom is 0.321 e. The smallest absolute Gasteiger partial charge is 0.321 e. The van der Waals surface area contributed by atoms with Gasteiger partial charge in [-0.15, -0.1) is 0 Å². The number of ether oxygens (including phenoxy) is 1. The van der Waals surface area contributed by atoms with Crippen molar-refractivity contribution in [3.05, 3.63) is 29.8 Å². The fraction of sp³-hybridized carbons (Fsp3) is 0.579. The van der Waals surface area contributed by atoms with Gasteiger partial charge in [0.05, 0.1) is 12.5 Å². The third-order valence-corrected chi connectivity index (χ3v) is 4.52. The first kappa shape index (κ1) is 19.2. The molecule has 6 heteroatoms. The second-order valence-electron chi connectivity index (χ2n) is 6.39. The van der Waals surface area contributed by atoms with E-state index in [0.29, 0.717) is 13.0 Å². The van der Waals surface area contributed by atoms with Gasteiger partial charge < -0.3 is 19.9 Å². The van der Waals surface area contributed by atoms with Gasteiger partial charge >= 0.3 is 6.03 Å². The van der Waals surface area contributed by atoms with E-state index < -0.39 is 0 Å². The predicted molar refractivity (Wildman–Crippen MR) is 98.7 cm³/mol. The highest BCUT2D eigenvalue weighted by Crippen LogP contribution is 2.15. The molecule has 1 aromatic rings. The molecule has 0 bridgehead atoms. The summed E-state index contributed by atoms with van der Waals surface area (Å²) >= 11 is 0. The molecular weight excluding hydrogens is 318 g/mol. The second kappa shape index (κ2) is 9.42. The zero-order valence-electron chi connectivity index (χ0n) is 15.5. The van der Waals surface area contributed by atoms with Crippen molar-refractivity contribution in [1.29, 1.82) is 0 Å². The van der Waals surface area contributed by atoms with Crippen molar-refractivity contribution in [2.75, 3.05) is 38.6 Å². The number of carbonyl (C=O) groups excluding carboxylic acids is 2. The van der Waals surface area contributed by atoms with Gasteiger partial charge in [-0.2, -0.15) is 0 Å². The summed E-state index contributed by atoms with van der Waals surface area (Å²) in [6, 6.07) is 7.29. The van der Waals surface area contributed by atoms with Crippen LogP contribution in [0.2, 0.25) is 0 Å². The van der Waals surface area contributed by atoms with Crippen LogP contribution in [0, 0.1) is 0 Å². The highest BCUT2D eigenvalue weighted by Gasteiger charge is 2.20. The zero-order chi connectivity index (χ0) is 18.2. The molecule has 2 rings (SSSR count). The van der Waals surface area contributed by atoms with Crippen molar-refractivity contribution in [1.82, 2.24) is 9.80 Å². The van der Waals surface area contributed by atoms with Crippen LogP contribution in [-0.2, 0) is 16.0 Å². The van der Waals surface area contributed by atoms with E-state index in [2.05, 4.69) is 5.32 Å². The number of anilines is 1. The molecule has 138 valence electrons. The lowest BCUT2D eigenvalue weighted by Gasteiger charge is -2.21. The minimum atomic E-state index is -0.150. The van der Waals surface area contributed by atoms with Crippen molar-refractivity contribution < 1.29 is 14.3 Å². The molecule has 1 aliphatic rings. The highest BCUT2D eigenvalue weighted by atomic mass is 16.5. The first-order valence-electron chi connectivity index (χ1n) is 9.03. The molecule has 0 saturated carbocycles. The van der Waals surface area contributed by atoms with Crippen LogP contribution in [-0.4, -0.2) is 61.1 Å². The van der Waals surface area contributed by atoms with Crippen LogP contribution in [0.4, 0.5) is 10.5 Å². The van der Waals surface area contributed by atoms with Crippen LogP contribution >= 0.6 is 0 Å². The quantitative estimate of drug-likeness (QED) is 0.825. The lowest BCUT2D eigenvalue weighted by atomic mass is 10.1. The largest absolute Gasteiger partial charge is 0.376 e. The molecule has 1 aromatic carbocycles. The highest BCUT2D eigenvalue weighted by molar-refractivity contribution is 5.89. The van der Waals surface area contributed by atoms with E-state index in [4.69, 9.17) is 4.74 Å². The van der Waals surface area contributed by atoms with Crippen LogP contribution in [0.15, 0.2) is 24.3 Å². The standard InChI is InChI=1S/C19H29N3O3/c1-4-22(5-2)18(23)13-15-8-10-16(11-9-15)20-19(24)21(3)14-17-7-6-12-25-17/h8-11,17H,4-7,12-14H2,1-3H3,(H,20,24)/t17-/m0/s1. The van der Waals surface area contributed by atoms with Gasteiger partial charge in [0.2, 0.25) is 5.91 Å². The van der Waals surface area contributed by atoms with Gasteiger partial charge in [-0.1, -0.05) is 12.1 Å². The molecule has 0 radical (unpaired) electrons. The molecule has 1 aliphatic heterocycles. The molecule has 0 spiro atoms. The lowest BCUT2D eigenvalue weighted by Crippen LogP contribution is -2.37. The van der Waals surface area contributed by atoms with E-state index >= 15 is 0 Å². The maximum absolute atomic E-state index is 12.2. The fourth-order valence-corrected chi connectivity index (χ4v) is 2.96. The normalized spacial score (nSPS) is 16.5. The summed E-state index contributed by atoms with van der Waals surface area (Å²) in [5.41, 5.74) is 1.67. The maximum atomic E-state index is 12.2. The Balaban J connectivity index is 1.84. The van der Waals surface area contributed by atoms with Crippen molar-refractivity contribution in [2.24, 2.45) is 0 Å². The minimum Gasteiger partial charge on any atom is -0.376 e. The van der Waals surface area contributed by atoms with Crippen LogP contribution < -0.4 is 5.32 Å². The Hall–Kier alpha value is -2.08. The lowest BCUT2D eigenvalue weighted by molar-refractivity contribution is -0.130. The van der Waals surface area contributed by atoms with E-state index in [9.17, 15) is 9.59 Å². The second-order valence-corrected chi connectivity index (χ2v) is 6.39. The van der Waals surface area contributed by atoms with Gasteiger partial charge in [0.1, 0.15) is 0 Å². The Morgan fingerprint density at radius 2 is 1.88 bits per heavy atom. The van der Waals surface area contributed by atoms with E-state index in [-0.39, 0.29) is 18.0 Å². The van der Waals surface area contributed by atoms with Crippen LogP contribution in [0.25, 0.3) is 0 Å². The monoisotopic (exact) mass is 347 g/mol. The molecule has 6 nitrogen and oxygen atoms in total. The number of urea groups is 1. The summed E-state index contributed by atoms with van der Waals surface area (Å²) in [7, 11) is 1.77. The number of carbonyl (C=O) groups is 2. The SMILES string of the molecule is CCN(CC)C(=O)Cc1ccc(NC(=O)N(C)C[C@@H]2CCCO2)cc1. The summed E-state index contributed by atoms with van der Waals surface area (Å²) in [6.07, 6.45) is 2.60. The predicted octanol–water partition coefficient (Wildman–Crippen LogP) is 2.74. The van der Waals surface area contributed by atoms with Crippen LogP contribution in [0.3, 0.4) is 0 Å². The van der Waals surface area contributed by atoms with E-state index in [1.165, 1.54) is 0 Å². The Morgan fingerprint density at radius 1 is 1.20 bits per heavy atom.